The van der Waals surface area contributed by atoms with Crippen LogP contribution in [0.5, 0.6) is 11.5 Å². The highest BCUT2D eigenvalue weighted by Crippen LogP contribution is 2.29. The largest absolute Gasteiger partial charge is 0.493 e. The first kappa shape index (κ1) is 16.4. The predicted octanol–water partition coefficient (Wildman–Crippen LogP) is 3.02. The summed E-state index contributed by atoms with van der Waals surface area (Å²) in [4.78, 5) is 0. The molecule has 1 aromatic carbocycles. The van der Waals surface area contributed by atoms with E-state index in [1.165, 1.54) is 11.8 Å². The molecule has 0 saturated carbocycles. The number of aromatic nitrogens is 3. The van der Waals surface area contributed by atoms with E-state index in [0.29, 0.717) is 11.5 Å². The third-order valence-corrected chi connectivity index (χ3v) is 3.70. The number of thioether (sulfide) groups is 1. The third-order valence-electron chi connectivity index (χ3n) is 3.08. The SMILES string of the molecule is COc1cccc(/C=N\n2c(SC)nnc2C(C)C)c1OC. The van der Waals surface area contributed by atoms with Crippen LogP contribution >= 0.6 is 11.8 Å². The van der Waals surface area contributed by atoms with E-state index in [1.807, 2.05) is 24.5 Å². The van der Waals surface area contributed by atoms with Crippen molar-refractivity contribution in [3.63, 3.8) is 0 Å². The van der Waals surface area contributed by atoms with Gasteiger partial charge >= 0.3 is 0 Å². The van der Waals surface area contributed by atoms with Gasteiger partial charge in [0.1, 0.15) is 0 Å². The summed E-state index contributed by atoms with van der Waals surface area (Å²) in [7, 11) is 3.22. The highest BCUT2D eigenvalue weighted by molar-refractivity contribution is 7.98. The Morgan fingerprint density at radius 2 is 2.00 bits per heavy atom. The lowest BCUT2D eigenvalue weighted by molar-refractivity contribution is 0.354. The van der Waals surface area contributed by atoms with E-state index < -0.39 is 0 Å². The molecule has 6 nitrogen and oxygen atoms in total. The van der Waals surface area contributed by atoms with Gasteiger partial charge in [0.2, 0.25) is 5.16 Å². The fourth-order valence-corrected chi connectivity index (χ4v) is 2.44. The summed E-state index contributed by atoms with van der Waals surface area (Å²) in [5.74, 6) is 2.38. The van der Waals surface area contributed by atoms with Crippen LogP contribution in [-0.2, 0) is 0 Å². The minimum atomic E-state index is 0.234. The van der Waals surface area contributed by atoms with Crippen molar-refractivity contribution in [3.8, 4) is 11.5 Å². The summed E-state index contributed by atoms with van der Waals surface area (Å²) in [5.41, 5.74) is 0.831. The molecule has 0 spiro atoms. The lowest BCUT2D eigenvalue weighted by atomic mass is 10.2. The molecule has 0 amide bonds. The first-order valence-electron chi connectivity index (χ1n) is 6.87. The second-order valence-corrected chi connectivity index (χ2v) is 5.61. The Labute approximate surface area is 134 Å². The van der Waals surface area contributed by atoms with E-state index in [1.54, 1.807) is 25.1 Å². The minimum Gasteiger partial charge on any atom is -0.493 e. The summed E-state index contributed by atoms with van der Waals surface area (Å²) in [6.45, 7) is 4.12. The lowest BCUT2D eigenvalue weighted by Gasteiger charge is -2.10. The quantitative estimate of drug-likeness (QED) is 0.605. The molecule has 2 aromatic rings. The fourth-order valence-electron chi connectivity index (χ4n) is 2.01. The summed E-state index contributed by atoms with van der Waals surface area (Å²) < 4.78 is 12.5. The molecule has 0 radical (unpaired) electrons. The molecular formula is C15H20N4O2S. The van der Waals surface area contributed by atoms with Crippen LogP contribution in [0.3, 0.4) is 0 Å². The van der Waals surface area contributed by atoms with Crippen LogP contribution in [0.25, 0.3) is 0 Å². The fraction of sp³-hybridized carbons (Fsp3) is 0.400. The number of nitrogens with zero attached hydrogens (tertiary/aromatic N) is 4. The molecule has 0 aliphatic carbocycles. The first-order valence-corrected chi connectivity index (χ1v) is 8.09. The summed E-state index contributed by atoms with van der Waals surface area (Å²) in [6, 6.07) is 5.67. The molecule has 1 heterocycles. The number of para-hydroxylation sites is 1. The van der Waals surface area contributed by atoms with Crippen LogP contribution in [0, 0.1) is 0 Å². The van der Waals surface area contributed by atoms with Crippen LogP contribution < -0.4 is 9.47 Å². The maximum Gasteiger partial charge on any atom is 0.211 e. The number of hydrogen-bond donors (Lipinski definition) is 0. The van der Waals surface area contributed by atoms with Crippen LogP contribution in [0.4, 0.5) is 0 Å². The van der Waals surface area contributed by atoms with Gasteiger partial charge in [-0.3, -0.25) is 0 Å². The second-order valence-electron chi connectivity index (χ2n) is 4.84. The van der Waals surface area contributed by atoms with Crippen molar-refractivity contribution in [2.24, 2.45) is 5.10 Å². The van der Waals surface area contributed by atoms with E-state index >= 15 is 0 Å². The molecular weight excluding hydrogens is 300 g/mol. The maximum atomic E-state index is 5.41. The molecule has 0 saturated heterocycles. The van der Waals surface area contributed by atoms with Gasteiger partial charge in [0.25, 0.3) is 0 Å². The zero-order chi connectivity index (χ0) is 16.1. The van der Waals surface area contributed by atoms with Gasteiger partial charge in [0, 0.05) is 11.5 Å². The number of hydrogen-bond acceptors (Lipinski definition) is 6. The summed E-state index contributed by atoms with van der Waals surface area (Å²) in [5, 5.41) is 13.6. The Kier molecular flexibility index (Phi) is 5.43. The molecule has 0 aliphatic rings. The Hall–Kier alpha value is -2.02. The Bertz CT molecular complexity index is 668. The van der Waals surface area contributed by atoms with Crippen LogP contribution in [-0.4, -0.2) is 41.6 Å². The first-order chi connectivity index (χ1) is 10.6. The van der Waals surface area contributed by atoms with Gasteiger partial charge in [0.05, 0.1) is 20.4 Å². The molecule has 1 aromatic heterocycles. The molecule has 0 bridgehead atoms. The Morgan fingerprint density at radius 1 is 1.23 bits per heavy atom. The minimum absolute atomic E-state index is 0.234. The van der Waals surface area contributed by atoms with E-state index in [9.17, 15) is 0 Å². The molecule has 0 aliphatic heterocycles. The van der Waals surface area contributed by atoms with E-state index in [4.69, 9.17) is 9.47 Å². The van der Waals surface area contributed by atoms with Crippen molar-refractivity contribution < 1.29 is 9.47 Å². The monoisotopic (exact) mass is 320 g/mol. The van der Waals surface area contributed by atoms with E-state index in [-0.39, 0.29) is 5.92 Å². The normalized spacial score (nSPS) is 11.4. The molecule has 0 fully saturated rings. The standard InChI is InChI=1S/C15H20N4O2S/c1-10(2)14-17-18-15(22-5)19(14)16-9-11-7-6-8-12(20-3)13(11)21-4/h6-10H,1-5H3/b16-9-. The number of methoxy groups -OCH3 is 2. The Morgan fingerprint density at radius 3 is 2.59 bits per heavy atom. The van der Waals surface area contributed by atoms with E-state index in [0.717, 1.165) is 16.5 Å². The van der Waals surface area contributed by atoms with Crippen molar-refractivity contribution in [2.45, 2.75) is 24.9 Å². The van der Waals surface area contributed by atoms with E-state index in [2.05, 4.69) is 29.1 Å². The van der Waals surface area contributed by atoms with Crippen molar-refractivity contribution in [1.82, 2.24) is 14.9 Å². The van der Waals surface area contributed by atoms with Crippen molar-refractivity contribution in [1.29, 1.82) is 0 Å². The van der Waals surface area contributed by atoms with Crippen molar-refractivity contribution in [3.05, 3.63) is 29.6 Å². The van der Waals surface area contributed by atoms with Gasteiger partial charge in [-0.2, -0.15) is 9.78 Å². The average molecular weight is 320 g/mol. The van der Waals surface area contributed by atoms with Crippen LogP contribution in [0.1, 0.15) is 31.2 Å². The zero-order valence-electron chi connectivity index (χ0n) is 13.4. The molecule has 7 heteroatoms. The number of rotatable bonds is 6. The average Bonchev–Trinajstić information content (AvgIpc) is 2.95. The van der Waals surface area contributed by atoms with Gasteiger partial charge in [0.15, 0.2) is 17.3 Å². The van der Waals surface area contributed by atoms with Crippen LogP contribution in [0.15, 0.2) is 28.5 Å². The number of ether oxygens (including phenoxy) is 2. The molecule has 0 N–H and O–H groups in total. The summed E-state index contributed by atoms with van der Waals surface area (Å²) >= 11 is 1.51. The van der Waals surface area contributed by atoms with Gasteiger partial charge in [-0.25, -0.2) is 0 Å². The second kappa shape index (κ2) is 7.31. The zero-order valence-corrected chi connectivity index (χ0v) is 14.2. The highest BCUT2D eigenvalue weighted by atomic mass is 32.2. The molecule has 2 rings (SSSR count). The van der Waals surface area contributed by atoms with Crippen molar-refractivity contribution in [2.75, 3.05) is 20.5 Å². The van der Waals surface area contributed by atoms with Gasteiger partial charge in [-0.05, 0) is 18.4 Å². The smallest absolute Gasteiger partial charge is 0.211 e. The predicted molar refractivity (Wildman–Crippen MR) is 88.4 cm³/mol. The Balaban J connectivity index is 2.43. The highest BCUT2D eigenvalue weighted by Gasteiger charge is 2.14. The van der Waals surface area contributed by atoms with Crippen molar-refractivity contribution >= 4 is 18.0 Å². The molecule has 118 valence electrons. The molecule has 22 heavy (non-hydrogen) atoms. The topological polar surface area (TPSA) is 61.5 Å². The van der Waals surface area contributed by atoms with Gasteiger partial charge < -0.3 is 9.47 Å². The van der Waals surface area contributed by atoms with Gasteiger partial charge in [-0.15, -0.1) is 10.2 Å². The number of benzene rings is 1. The molecule has 0 unspecified atom stereocenters. The lowest BCUT2D eigenvalue weighted by Crippen LogP contribution is -2.02. The van der Waals surface area contributed by atoms with Gasteiger partial charge in [-0.1, -0.05) is 31.7 Å². The maximum absolute atomic E-state index is 5.41. The molecule has 0 atom stereocenters. The summed E-state index contributed by atoms with van der Waals surface area (Å²) in [6.07, 6.45) is 3.68. The third kappa shape index (κ3) is 3.24. The van der Waals surface area contributed by atoms with Crippen LogP contribution in [0.2, 0.25) is 0 Å².